The van der Waals surface area contributed by atoms with Gasteiger partial charge < -0.3 is 20.1 Å². The van der Waals surface area contributed by atoms with E-state index in [4.69, 9.17) is 14.5 Å². The molecular formula is C19H39N3O2. The van der Waals surface area contributed by atoms with Gasteiger partial charge in [-0.1, -0.05) is 12.8 Å². The van der Waals surface area contributed by atoms with E-state index in [0.29, 0.717) is 11.5 Å². The number of rotatable bonds is 12. The minimum atomic E-state index is 0.305. The molecule has 5 nitrogen and oxygen atoms in total. The number of ether oxygens (including phenoxy) is 2. The van der Waals surface area contributed by atoms with E-state index in [-0.39, 0.29) is 0 Å². The number of nitrogens with zero attached hydrogens (tertiary/aromatic N) is 1. The van der Waals surface area contributed by atoms with Crippen LogP contribution in [0.4, 0.5) is 0 Å². The molecule has 0 saturated heterocycles. The van der Waals surface area contributed by atoms with Crippen LogP contribution in [-0.2, 0) is 9.47 Å². The van der Waals surface area contributed by atoms with Crippen molar-refractivity contribution in [3.8, 4) is 0 Å². The zero-order valence-electron chi connectivity index (χ0n) is 16.3. The summed E-state index contributed by atoms with van der Waals surface area (Å²) in [5, 5.41) is 6.79. The van der Waals surface area contributed by atoms with Gasteiger partial charge in [0.15, 0.2) is 5.96 Å². The lowest BCUT2D eigenvalue weighted by atomic mass is 9.83. The van der Waals surface area contributed by atoms with Gasteiger partial charge in [-0.05, 0) is 58.8 Å². The van der Waals surface area contributed by atoms with Crippen LogP contribution in [0.5, 0.6) is 0 Å². The highest BCUT2D eigenvalue weighted by Gasteiger charge is 2.33. The van der Waals surface area contributed by atoms with Gasteiger partial charge in [-0.2, -0.15) is 0 Å². The Labute approximate surface area is 149 Å². The molecule has 0 aromatic carbocycles. The van der Waals surface area contributed by atoms with Crippen LogP contribution in [0.2, 0.25) is 0 Å². The van der Waals surface area contributed by atoms with Crippen LogP contribution < -0.4 is 10.6 Å². The number of guanidine groups is 1. The Kier molecular flexibility index (Phi) is 11.1. The monoisotopic (exact) mass is 341 g/mol. The summed E-state index contributed by atoms with van der Waals surface area (Å²) in [6.07, 6.45) is 7.66. The molecule has 0 unspecified atom stereocenters. The van der Waals surface area contributed by atoms with Gasteiger partial charge in [-0.3, -0.25) is 4.99 Å². The Bertz CT molecular complexity index is 340. The number of hydrogen-bond acceptors (Lipinski definition) is 3. The first-order valence-corrected chi connectivity index (χ1v) is 9.83. The maximum absolute atomic E-state index is 5.59. The van der Waals surface area contributed by atoms with Crippen molar-refractivity contribution in [1.82, 2.24) is 10.6 Å². The summed E-state index contributed by atoms with van der Waals surface area (Å²) >= 11 is 0. The average Bonchev–Trinajstić information content (AvgIpc) is 3.01. The quantitative estimate of drug-likeness (QED) is 0.325. The zero-order valence-corrected chi connectivity index (χ0v) is 16.3. The molecule has 0 aliphatic heterocycles. The SMILES string of the molecule is CCNC(=NCC1(CCOCC)CCCC1)NCCCOC(C)C. The molecule has 0 spiro atoms. The fourth-order valence-electron chi connectivity index (χ4n) is 3.23. The molecule has 0 amide bonds. The summed E-state index contributed by atoms with van der Waals surface area (Å²) in [4.78, 5) is 4.88. The number of hydrogen-bond donors (Lipinski definition) is 2. The maximum atomic E-state index is 5.59. The van der Waals surface area contributed by atoms with E-state index < -0.39 is 0 Å². The molecule has 1 aliphatic carbocycles. The molecule has 0 aromatic rings. The van der Waals surface area contributed by atoms with Crippen molar-refractivity contribution in [2.75, 3.05) is 39.5 Å². The minimum absolute atomic E-state index is 0.305. The van der Waals surface area contributed by atoms with E-state index in [9.17, 15) is 0 Å². The number of nitrogens with one attached hydrogen (secondary N) is 2. The van der Waals surface area contributed by atoms with Crippen molar-refractivity contribution in [3.63, 3.8) is 0 Å². The number of aliphatic imine (C=N–C) groups is 1. The molecule has 2 N–H and O–H groups in total. The van der Waals surface area contributed by atoms with Gasteiger partial charge >= 0.3 is 0 Å². The van der Waals surface area contributed by atoms with E-state index in [0.717, 1.165) is 58.3 Å². The Morgan fingerprint density at radius 1 is 1.12 bits per heavy atom. The van der Waals surface area contributed by atoms with Crippen LogP contribution in [-0.4, -0.2) is 51.5 Å². The van der Waals surface area contributed by atoms with Crippen LogP contribution in [0.15, 0.2) is 4.99 Å². The molecule has 1 fully saturated rings. The van der Waals surface area contributed by atoms with E-state index in [1.807, 2.05) is 0 Å². The van der Waals surface area contributed by atoms with Crippen LogP contribution in [0.25, 0.3) is 0 Å². The predicted molar refractivity (Wildman–Crippen MR) is 102 cm³/mol. The Morgan fingerprint density at radius 2 is 1.88 bits per heavy atom. The van der Waals surface area contributed by atoms with Crippen LogP contribution >= 0.6 is 0 Å². The molecule has 0 heterocycles. The van der Waals surface area contributed by atoms with Crippen molar-refractivity contribution >= 4 is 5.96 Å². The molecule has 24 heavy (non-hydrogen) atoms. The van der Waals surface area contributed by atoms with E-state index in [1.165, 1.54) is 25.7 Å². The largest absolute Gasteiger partial charge is 0.382 e. The summed E-state index contributed by atoms with van der Waals surface area (Å²) in [7, 11) is 0. The molecule has 1 rings (SSSR count). The van der Waals surface area contributed by atoms with Gasteiger partial charge in [0.05, 0.1) is 6.10 Å². The molecule has 1 saturated carbocycles. The fraction of sp³-hybridized carbons (Fsp3) is 0.947. The highest BCUT2D eigenvalue weighted by atomic mass is 16.5. The Morgan fingerprint density at radius 3 is 2.50 bits per heavy atom. The van der Waals surface area contributed by atoms with E-state index in [2.05, 4.69) is 38.3 Å². The van der Waals surface area contributed by atoms with Gasteiger partial charge in [-0.15, -0.1) is 0 Å². The third-order valence-corrected chi connectivity index (χ3v) is 4.63. The summed E-state index contributed by atoms with van der Waals surface area (Å²) in [5.41, 5.74) is 0.346. The lowest BCUT2D eigenvalue weighted by Gasteiger charge is -2.27. The summed E-state index contributed by atoms with van der Waals surface area (Å²) in [5.74, 6) is 0.935. The zero-order chi connectivity index (χ0) is 17.7. The molecule has 0 aromatic heterocycles. The first kappa shape index (κ1) is 21.2. The van der Waals surface area contributed by atoms with Crippen molar-refractivity contribution < 1.29 is 9.47 Å². The molecule has 0 atom stereocenters. The third kappa shape index (κ3) is 8.88. The first-order chi connectivity index (χ1) is 11.6. The molecule has 0 bridgehead atoms. The minimum Gasteiger partial charge on any atom is -0.382 e. The summed E-state index contributed by atoms with van der Waals surface area (Å²) in [6.45, 7) is 13.5. The second-order valence-corrected chi connectivity index (χ2v) is 7.05. The maximum Gasteiger partial charge on any atom is 0.191 e. The average molecular weight is 342 g/mol. The topological polar surface area (TPSA) is 54.9 Å². The molecule has 0 radical (unpaired) electrons. The third-order valence-electron chi connectivity index (χ3n) is 4.63. The first-order valence-electron chi connectivity index (χ1n) is 9.83. The van der Waals surface area contributed by atoms with E-state index >= 15 is 0 Å². The predicted octanol–water partition coefficient (Wildman–Crippen LogP) is 3.34. The second-order valence-electron chi connectivity index (χ2n) is 7.05. The molecule has 142 valence electrons. The second kappa shape index (κ2) is 12.5. The van der Waals surface area contributed by atoms with Gasteiger partial charge in [0.2, 0.25) is 0 Å². The van der Waals surface area contributed by atoms with Gasteiger partial charge in [0.1, 0.15) is 0 Å². The fourth-order valence-corrected chi connectivity index (χ4v) is 3.23. The highest BCUT2D eigenvalue weighted by molar-refractivity contribution is 5.79. The van der Waals surface area contributed by atoms with Crippen LogP contribution in [0, 0.1) is 5.41 Å². The summed E-state index contributed by atoms with van der Waals surface area (Å²) in [6, 6.07) is 0. The smallest absolute Gasteiger partial charge is 0.191 e. The van der Waals surface area contributed by atoms with Gasteiger partial charge in [0.25, 0.3) is 0 Å². The summed E-state index contributed by atoms with van der Waals surface area (Å²) < 4.78 is 11.2. The van der Waals surface area contributed by atoms with E-state index in [1.54, 1.807) is 0 Å². The molecule has 1 aliphatic rings. The Hall–Kier alpha value is -0.810. The van der Waals surface area contributed by atoms with Crippen molar-refractivity contribution in [1.29, 1.82) is 0 Å². The van der Waals surface area contributed by atoms with Crippen LogP contribution in [0.1, 0.15) is 66.2 Å². The van der Waals surface area contributed by atoms with Gasteiger partial charge in [0, 0.05) is 39.5 Å². The normalized spacial score (nSPS) is 17.5. The van der Waals surface area contributed by atoms with Crippen LogP contribution in [0.3, 0.4) is 0 Å². The lowest BCUT2D eigenvalue weighted by Crippen LogP contribution is -2.39. The van der Waals surface area contributed by atoms with Crippen molar-refractivity contribution in [2.24, 2.45) is 10.4 Å². The molecular weight excluding hydrogens is 302 g/mol. The van der Waals surface area contributed by atoms with Crippen molar-refractivity contribution in [3.05, 3.63) is 0 Å². The Balaban J connectivity index is 2.43. The standard InChI is InChI=1S/C19H39N3O2/c1-5-20-18(21-13-9-14-24-17(3)4)22-16-19(10-7-8-11-19)12-15-23-6-2/h17H,5-16H2,1-4H3,(H2,20,21,22). The van der Waals surface area contributed by atoms with Crippen molar-refractivity contribution in [2.45, 2.75) is 72.3 Å². The van der Waals surface area contributed by atoms with Gasteiger partial charge in [-0.25, -0.2) is 0 Å². The molecule has 5 heteroatoms. The highest BCUT2D eigenvalue weighted by Crippen LogP contribution is 2.41. The lowest BCUT2D eigenvalue weighted by molar-refractivity contribution is 0.0776.